The third kappa shape index (κ3) is 4.92. The molecule has 1 saturated heterocycles. The summed E-state index contributed by atoms with van der Waals surface area (Å²) < 4.78 is 7.01. The van der Waals surface area contributed by atoms with E-state index in [0.29, 0.717) is 31.7 Å². The number of amides is 2. The van der Waals surface area contributed by atoms with Crippen LogP contribution in [-0.4, -0.2) is 57.7 Å². The SMILES string of the molecule is CCn1ncc2c(NC3CCN(C(C)=O)CC3)c(C(=O)NCc3ccc(OC)cc3)cnc21. The molecule has 0 bridgehead atoms. The summed E-state index contributed by atoms with van der Waals surface area (Å²) in [6, 6.07) is 7.74. The molecule has 9 nitrogen and oxygen atoms in total. The second-order valence-corrected chi connectivity index (χ2v) is 8.20. The van der Waals surface area contributed by atoms with Crippen LogP contribution in [0.1, 0.15) is 42.6 Å². The number of carbonyl (C=O) groups is 2. The molecule has 1 aromatic carbocycles. The van der Waals surface area contributed by atoms with Crippen molar-refractivity contribution in [2.24, 2.45) is 0 Å². The van der Waals surface area contributed by atoms with E-state index in [0.717, 1.165) is 40.9 Å². The number of carbonyl (C=O) groups excluding carboxylic acids is 2. The van der Waals surface area contributed by atoms with Crippen molar-refractivity contribution in [2.75, 3.05) is 25.5 Å². The van der Waals surface area contributed by atoms with Gasteiger partial charge in [0, 0.05) is 45.3 Å². The van der Waals surface area contributed by atoms with E-state index in [9.17, 15) is 9.59 Å². The first-order valence-electron chi connectivity index (χ1n) is 11.3. The number of methoxy groups -OCH3 is 1. The van der Waals surface area contributed by atoms with E-state index in [-0.39, 0.29) is 17.9 Å². The average Bonchev–Trinajstić information content (AvgIpc) is 3.27. The number of pyridine rings is 1. The van der Waals surface area contributed by atoms with Crippen molar-refractivity contribution < 1.29 is 14.3 Å². The second kappa shape index (κ2) is 9.89. The zero-order valence-electron chi connectivity index (χ0n) is 19.3. The van der Waals surface area contributed by atoms with Crippen LogP contribution >= 0.6 is 0 Å². The Kier molecular flexibility index (Phi) is 6.76. The summed E-state index contributed by atoms with van der Waals surface area (Å²) in [5, 5.41) is 11.8. The van der Waals surface area contributed by atoms with Crippen LogP contribution in [0.15, 0.2) is 36.7 Å². The van der Waals surface area contributed by atoms with Crippen LogP contribution in [-0.2, 0) is 17.9 Å². The highest BCUT2D eigenvalue weighted by Crippen LogP contribution is 2.28. The number of aromatic nitrogens is 3. The topological polar surface area (TPSA) is 101 Å². The summed E-state index contributed by atoms with van der Waals surface area (Å²) in [5.74, 6) is 0.672. The van der Waals surface area contributed by atoms with Crippen molar-refractivity contribution in [2.45, 2.75) is 45.8 Å². The molecule has 1 fully saturated rings. The molecule has 0 radical (unpaired) electrons. The third-order valence-corrected chi connectivity index (χ3v) is 6.11. The van der Waals surface area contributed by atoms with Crippen molar-refractivity contribution in [3.8, 4) is 5.75 Å². The number of hydrogen-bond donors (Lipinski definition) is 2. The normalized spacial score (nSPS) is 14.3. The Morgan fingerprint density at radius 2 is 1.88 bits per heavy atom. The number of fused-ring (bicyclic) bond motifs is 1. The highest BCUT2D eigenvalue weighted by Gasteiger charge is 2.24. The Balaban J connectivity index is 1.56. The van der Waals surface area contributed by atoms with Crippen LogP contribution < -0.4 is 15.4 Å². The zero-order chi connectivity index (χ0) is 23.4. The fourth-order valence-corrected chi connectivity index (χ4v) is 4.15. The molecule has 33 heavy (non-hydrogen) atoms. The van der Waals surface area contributed by atoms with Gasteiger partial charge in [-0.3, -0.25) is 9.59 Å². The van der Waals surface area contributed by atoms with Crippen molar-refractivity contribution in [1.29, 1.82) is 0 Å². The van der Waals surface area contributed by atoms with Crippen LogP contribution in [0.25, 0.3) is 11.0 Å². The van der Waals surface area contributed by atoms with Gasteiger partial charge in [-0.25, -0.2) is 9.67 Å². The van der Waals surface area contributed by atoms with Gasteiger partial charge in [0.2, 0.25) is 5.91 Å². The Morgan fingerprint density at radius 1 is 1.15 bits per heavy atom. The number of piperidine rings is 1. The number of ether oxygens (including phenoxy) is 1. The van der Waals surface area contributed by atoms with Gasteiger partial charge in [-0.2, -0.15) is 5.10 Å². The quantitative estimate of drug-likeness (QED) is 0.574. The molecule has 0 unspecified atom stereocenters. The maximum absolute atomic E-state index is 13.2. The number of aryl methyl sites for hydroxylation is 1. The van der Waals surface area contributed by atoms with Crippen LogP contribution in [0.2, 0.25) is 0 Å². The van der Waals surface area contributed by atoms with Gasteiger partial charge in [0.25, 0.3) is 5.91 Å². The van der Waals surface area contributed by atoms with Crippen molar-refractivity contribution in [3.63, 3.8) is 0 Å². The van der Waals surface area contributed by atoms with Gasteiger partial charge >= 0.3 is 0 Å². The number of likely N-dealkylation sites (tertiary alicyclic amines) is 1. The van der Waals surface area contributed by atoms with E-state index in [1.54, 1.807) is 26.4 Å². The third-order valence-electron chi connectivity index (χ3n) is 6.11. The van der Waals surface area contributed by atoms with E-state index in [1.807, 2.05) is 40.8 Å². The number of nitrogens with zero attached hydrogens (tertiary/aromatic N) is 4. The van der Waals surface area contributed by atoms with Crippen LogP contribution in [0, 0.1) is 0 Å². The summed E-state index contributed by atoms with van der Waals surface area (Å²) in [6.45, 7) is 6.10. The molecule has 4 rings (SSSR count). The van der Waals surface area contributed by atoms with Gasteiger partial charge in [-0.05, 0) is 37.5 Å². The van der Waals surface area contributed by atoms with Crippen molar-refractivity contribution in [3.05, 3.63) is 47.8 Å². The van der Waals surface area contributed by atoms with Crippen molar-refractivity contribution >= 4 is 28.5 Å². The molecule has 0 atom stereocenters. The largest absolute Gasteiger partial charge is 0.497 e. The van der Waals surface area contributed by atoms with E-state index >= 15 is 0 Å². The van der Waals surface area contributed by atoms with Gasteiger partial charge in [0.15, 0.2) is 5.65 Å². The molecule has 0 saturated carbocycles. The molecule has 1 aliphatic heterocycles. The number of benzene rings is 1. The maximum Gasteiger partial charge on any atom is 0.255 e. The summed E-state index contributed by atoms with van der Waals surface area (Å²) in [6.07, 6.45) is 5.02. The minimum Gasteiger partial charge on any atom is -0.497 e. The number of rotatable bonds is 7. The van der Waals surface area contributed by atoms with E-state index in [2.05, 4.69) is 20.7 Å². The molecule has 1 aliphatic rings. The summed E-state index contributed by atoms with van der Waals surface area (Å²) in [4.78, 5) is 31.2. The standard InChI is InChI=1S/C24H30N6O3/c1-4-30-23-20(15-27-30)22(28-18-9-11-29(12-10-18)16(2)31)21(14-25-23)24(32)26-13-17-5-7-19(33-3)8-6-17/h5-8,14-15,18H,4,9-13H2,1-3H3,(H,25,28)(H,26,32). The first kappa shape index (κ1) is 22.6. The molecule has 2 amide bonds. The summed E-state index contributed by atoms with van der Waals surface area (Å²) in [7, 11) is 1.62. The van der Waals surface area contributed by atoms with Gasteiger partial charge < -0.3 is 20.3 Å². The lowest BCUT2D eigenvalue weighted by atomic mass is 10.0. The predicted octanol–water partition coefficient (Wildman–Crippen LogP) is 2.81. The predicted molar refractivity (Wildman–Crippen MR) is 126 cm³/mol. The van der Waals surface area contributed by atoms with Crippen LogP contribution in [0.4, 0.5) is 5.69 Å². The monoisotopic (exact) mass is 450 g/mol. The Bertz CT molecular complexity index is 1130. The maximum atomic E-state index is 13.2. The second-order valence-electron chi connectivity index (χ2n) is 8.20. The van der Waals surface area contributed by atoms with Crippen LogP contribution in [0.3, 0.4) is 0 Å². The Morgan fingerprint density at radius 3 is 2.52 bits per heavy atom. The van der Waals surface area contributed by atoms with E-state index in [4.69, 9.17) is 4.74 Å². The molecule has 3 heterocycles. The molecule has 2 aromatic heterocycles. The fraction of sp³-hybridized carbons (Fsp3) is 0.417. The molecule has 2 N–H and O–H groups in total. The minimum absolute atomic E-state index is 0.0996. The van der Waals surface area contributed by atoms with Crippen LogP contribution in [0.5, 0.6) is 5.75 Å². The highest BCUT2D eigenvalue weighted by molar-refractivity contribution is 6.06. The molecule has 0 spiro atoms. The Labute approximate surface area is 193 Å². The zero-order valence-corrected chi connectivity index (χ0v) is 19.3. The first-order chi connectivity index (χ1) is 16.0. The fourth-order valence-electron chi connectivity index (χ4n) is 4.15. The van der Waals surface area contributed by atoms with E-state index < -0.39 is 0 Å². The Hall–Kier alpha value is -3.62. The van der Waals surface area contributed by atoms with Crippen molar-refractivity contribution in [1.82, 2.24) is 25.0 Å². The number of anilines is 1. The highest BCUT2D eigenvalue weighted by atomic mass is 16.5. The smallest absolute Gasteiger partial charge is 0.255 e. The summed E-state index contributed by atoms with van der Waals surface area (Å²) in [5.41, 5.74) is 2.95. The van der Waals surface area contributed by atoms with Gasteiger partial charge in [0.05, 0.1) is 29.9 Å². The molecule has 9 heteroatoms. The first-order valence-corrected chi connectivity index (χ1v) is 11.3. The molecule has 3 aromatic rings. The molecule has 174 valence electrons. The lowest BCUT2D eigenvalue weighted by Crippen LogP contribution is -2.41. The lowest BCUT2D eigenvalue weighted by molar-refractivity contribution is -0.129. The van der Waals surface area contributed by atoms with Gasteiger partial charge in [0.1, 0.15) is 5.75 Å². The van der Waals surface area contributed by atoms with Gasteiger partial charge in [-0.15, -0.1) is 0 Å². The molecule has 0 aliphatic carbocycles. The molecular formula is C24H30N6O3. The van der Waals surface area contributed by atoms with E-state index in [1.165, 1.54) is 0 Å². The number of hydrogen-bond acceptors (Lipinski definition) is 6. The molecular weight excluding hydrogens is 420 g/mol. The number of nitrogens with one attached hydrogen (secondary N) is 2. The van der Waals surface area contributed by atoms with Gasteiger partial charge in [-0.1, -0.05) is 12.1 Å². The lowest BCUT2D eigenvalue weighted by Gasteiger charge is -2.32. The summed E-state index contributed by atoms with van der Waals surface area (Å²) >= 11 is 0. The average molecular weight is 451 g/mol. The minimum atomic E-state index is -0.201.